The molecular formula is C9H26N2O7P2. The average molecular weight is 336 g/mol. The van der Waals surface area contributed by atoms with Gasteiger partial charge in [-0.25, -0.2) is 9.13 Å². The van der Waals surface area contributed by atoms with Gasteiger partial charge in [-0.2, -0.15) is 4.31 Å². The number of phosphoric acid groups is 2. The summed E-state index contributed by atoms with van der Waals surface area (Å²) in [7, 11) is -10.1. The minimum atomic E-state index is -5.05. The topological polar surface area (TPSA) is 176 Å². The maximum Gasteiger partial charge on any atom is 0.478 e. The monoisotopic (exact) mass is 336 g/mol. The molecule has 0 radical (unpaired) electrons. The molecule has 8 N–H and O–H groups in total. The highest BCUT2D eigenvalue weighted by Gasteiger charge is 2.27. The first-order chi connectivity index (χ1) is 9.12. The molecule has 124 valence electrons. The van der Waals surface area contributed by atoms with Gasteiger partial charge in [-0.15, -0.1) is 0 Å². The van der Waals surface area contributed by atoms with E-state index < -0.39 is 15.6 Å². The van der Waals surface area contributed by atoms with Crippen LogP contribution in [0.3, 0.4) is 0 Å². The van der Waals surface area contributed by atoms with E-state index in [1.165, 1.54) is 44.9 Å². The summed E-state index contributed by atoms with van der Waals surface area (Å²) in [5.41, 5.74) is 10.7. The first kappa shape index (κ1) is 22.5. The zero-order chi connectivity index (χ0) is 16.1. The molecule has 0 aromatic rings. The Hall–Kier alpha value is 0.180. The minimum absolute atomic E-state index is 0.850. The molecule has 0 spiro atoms. The third-order valence-electron chi connectivity index (χ3n) is 2.12. The Kier molecular flexibility index (Phi) is 14.5. The number of nitrogens with two attached hydrogens (primary N) is 2. The maximum absolute atomic E-state index is 9.63. The lowest BCUT2D eigenvalue weighted by atomic mass is 10.1. The predicted octanol–water partition coefficient (Wildman–Crippen LogP) is 0.823. The van der Waals surface area contributed by atoms with Crippen LogP contribution in [0.15, 0.2) is 0 Å². The number of unbranched alkanes of at least 4 members (excludes halogenated alkanes) is 6. The van der Waals surface area contributed by atoms with Crippen molar-refractivity contribution in [3.05, 3.63) is 0 Å². The Morgan fingerprint density at radius 2 is 0.900 bits per heavy atom. The van der Waals surface area contributed by atoms with Gasteiger partial charge in [0.05, 0.1) is 0 Å². The average Bonchev–Trinajstić information content (AvgIpc) is 2.24. The van der Waals surface area contributed by atoms with Crippen molar-refractivity contribution in [2.75, 3.05) is 13.1 Å². The molecule has 0 aliphatic heterocycles. The SMILES string of the molecule is NCCCCCCCCCN.O=P(O)(O)OP(=O)(O)O. The standard InChI is InChI=1S/C9H22N2.H4O7P2/c10-8-6-4-2-1-3-5-7-9-11;1-8(2,3)7-9(4,5)6/h1-11H2;(H2,1,2,3)(H2,4,5,6). The van der Waals surface area contributed by atoms with Crippen LogP contribution in [0.4, 0.5) is 0 Å². The highest BCUT2D eigenvalue weighted by Crippen LogP contribution is 2.53. The van der Waals surface area contributed by atoms with Gasteiger partial charge in [0.1, 0.15) is 0 Å². The second-order valence-corrected chi connectivity index (χ2v) is 6.73. The molecule has 0 saturated carbocycles. The second-order valence-electron chi connectivity index (χ2n) is 4.12. The van der Waals surface area contributed by atoms with Crippen molar-refractivity contribution in [3.8, 4) is 0 Å². The molecule has 20 heavy (non-hydrogen) atoms. The van der Waals surface area contributed by atoms with Crippen LogP contribution in [0.2, 0.25) is 0 Å². The maximum atomic E-state index is 9.63. The summed E-state index contributed by atoms with van der Waals surface area (Å²) in [6, 6.07) is 0. The summed E-state index contributed by atoms with van der Waals surface area (Å²) in [6.45, 7) is 1.70. The van der Waals surface area contributed by atoms with Crippen LogP contribution in [0.1, 0.15) is 44.9 Å². The Morgan fingerprint density at radius 3 is 1.05 bits per heavy atom. The third-order valence-corrected chi connectivity index (χ3v) is 3.82. The van der Waals surface area contributed by atoms with Crippen LogP contribution in [0.5, 0.6) is 0 Å². The fraction of sp³-hybridized carbons (Fsp3) is 1.00. The van der Waals surface area contributed by atoms with Gasteiger partial charge in [0.2, 0.25) is 0 Å². The summed E-state index contributed by atoms with van der Waals surface area (Å²) in [4.78, 5) is 31.0. The minimum Gasteiger partial charge on any atom is -0.330 e. The molecule has 0 aromatic heterocycles. The Balaban J connectivity index is 0. The summed E-state index contributed by atoms with van der Waals surface area (Å²) in [6.07, 6.45) is 9.05. The zero-order valence-corrected chi connectivity index (χ0v) is 13.2. The summed E-state index contributed by atoms with van der Waals surface area (Å²) in [5, 5.41) is 0. The quantitative estimate of drug-likeness (QED) is 0.249. The lowest BCUT2D eigenvalue weighted by Crippen LogP contribution is -1.98. The van der Waals surface area contributed by atoms with E-state index in [2.05, 4.69) is 4.31 Å². The van der Waals surface area contributed by atoms with E-state index in [0.29, 0.717) is 0 Å². The Bertz CT molecular complexity index is 277. The summed E-state index contributed by atoms with van der Waals surface area (Å²) < 4.78 is 22.2. The van der Waals surface area contributed by atoms with E-state index in [4.69, 9.17) is 31.0 Å². The van der Waals surface area contributed by atoms with Crippen LogP contribution in [-0.4, -0.2) is 32.7 Å². The first-order valence-corrected chi connectivity index (χ1v) is 9.41. The van der Waals surface area contributed by atoms with E-state index in [-0.39, 0.29) is 0 Å². The van der Waals surface area contributed by atoms with Crippen LogP contribution in [-0.2, 0) is 13.4 Å². The van der Waals surface area contributed by atoms with Crippen LogP contribution in [0, 0.1) is 0 Å². The normalized spacial score (nSPS) is 11.9. The van der Waals surface area contributed by atoms with Gasteiger partial charge < -0.3 is 31.0 Å². The molecule has 0 atom stereocenters. The predicted molar refractivity (Wildman–Crippen MR) is 75.6 cm³/mol. The Morgan fingerprint density at radius 1 is 0.650 bits per heavy atom. The molecule has 0 bridgehead atoms. The lowest BCUT2D eigenvalue weighted by molar-refractivity contribution is 0.225. The fourth-order valence-corrected chi connectivity index (χ4v) is 2.42. The van der Waals surface area contributed by atoms with Crippen molar-refractivity contribution in [1.29, 1.82) is 0 Å². The van der Waals surface area contributed by atoms with Crippen LogP contribution < -0.4 is 11.5 Å². The summed E-state index contributed by atoms with van der Waals surface area (Å²) >= 11 is 0. The van der Waals surface area contributed by atoms with Crippen LogP contribution >= 0.6 is 15.6 Å². The van der Waals surface area contributed by atoms with Gasteiger partial charge in [-0.05, 0) is 25.9 Å². The molecule has 9 nitrogen and oxygen atoms in total. The lowest BCUT2D eigenvalue weighted by Gasteiger charge is -2.03. The second kappa shape index (κ2) is 12.9. The van der Waals surface area contributed by atoms with Crippen molar-refractivity contribution in [2.45, 2.75) is 44.9 Å². The molecule has 0 aliphatic rings. The van der Waals surface area contributed by atoms with Crippen LogP contribution in [0.25, 0.3) is 0 Å². The molecule has 0 heterocycles. The molecule has 0 aromatic carbocycles. The van der Waals surface area contributed by atoms with E-state index in [9.17, 15) is 9.13 Å². The largest absolute Gasteiger partial charge is 0.478 e. The molecule has 0 aliphatic carbocycles. The van der Waals surface area contributed by atoms with Crippen molar-refractivity contribution in [1.82, 2.24) is 0 Å². The molecule has 0 rings (SSSR count). The molecule has 0 saturated heterocycles. The molecular weight excluding hydrogens is 310 g/mol. The summed E-state index contributed by atoms with van der Waals surface area (Å²) in [5.74, 6) is 0. The smallest absolute Gasteiger partial charge is 0.330 e. The fourth-order valence-electron chi connectivity index (χ4n) is 1.31. The van der Waals surface area contributed by atoms with E-state index in [1.807, 2.05) is 0 Å². The van der Waals surface area contributed by atoms with E-state index >= 15 is 0 Å². The zero-order valence-electron chi connectivity index (χ0n) is 11.4. The number of hydrogen-bond donors (Lipinski definition) is 6. The van der Waals surface area contributed by atoms with Crippen molar-refractivity contribution in [2.24, 2.45) is 11.5 Å². The third kappa shape index (κ3) is 26.7. The molecule has 0 fully saturated rings. The first-order valence-electron chi connectivity index (χ1n) is 6.35. The van der Waals surface area contributed by atoms with Gasteiger partial charge >= 0.3 is 15.6 Å². The van der Waals surface area contributed by atoms with Crippen molar-refractivity contribution < 1.29 is 33.0 Å². The van der Waals surface area contributed by atoms with Crippen molar-refractivity contribution >= 4 is 15.6 Å². The van der Waals surface area contributed by atoms with Gasteiger partial charge in [0.15, 0.2) is 0 Å². The molecule has 11 heteroatoms. The Labute approximate surface area is 119 Å². The van der Waals surface area contributed by atoms with Crippen molar-refractivity contribution in [3.63, 3.8) is 0 Å². The number of hydrogen-bond acceptors (Lipinski definition) is 5. The molecule has 0 unspecified atom stereocenters. The number of rotatable bonds is 10. The van der Waals surface area contributed by atoms with Gasteiger partial charge in [-0.1, -0.05) is 32.1 Å². The van der Waals surface area contributed by atoms with Gasteiger partial charge in [0, 0.05) is 0 Å². The van der Waals surface area contributed by atoms with E-state index in [1.54, 1.807) is 0 Å². The van der Waals surface area contributed by atoms with Gasteiger partial charge in [-0.3, -0.25) is 0 Å². The highest BCUT2D eigenvalue weighted by atomic mass is 31.3. The van der Waals surface area contributed by atoms with E-state index in [0.717, 1.165) is 13.1 Å². The van der Waals surface area contributed by atoms with Gasteiger partial charge in [0.25, 0.3) is 0 Å². The molecule has 0 amide bonds. The highest BCUT2D eigenvalue weighted by molar-refractivity contribution is 7.60.